The van der Waals surface area contributed by atoms with Gasteiger partial charge in [-0.2, -0.15) is 23.8 Å². The van der Waals surface area contributed by atoms with E-state index in [1.165, 1.54) is 6.20 Å². The van der Waals surface area contributed by atoms with Crippen molar-refractivity contribution in [3.05, 3.63) is 95.3 Å². The zero-order valence-corrected chi connectivity index (χ0v) is 42.6. The first-order valence-corrected chi connectivity index (χ1v) is 25.6. The van der Waals surface area contributed by atoms with Gasteiger partial charge in [0, 0.05) is 26.1 Å². The number of rotatable bonds is 34. The summed E-state index contributed by atoms with van der Waals surface area (Å²) in [5.74, 6) is -4.12. The number of aromatic nitrogens is 3. The molecule has 1 heterocycles. The first-order valence-electron chi connectivity index (χ1n) is 24.1. The third-order valence-corrected chi connectivity index (χ3v) is 12.6. The predicted molar refractivity (Wildman–Crippen MR) is 265 cm³/mol. The van der Waals surface area contributed by atoms with E-state index in [2.05, 4.69) is 36.7 Å². The van der Waals surface area contributed by atoms with E-state index in [1.54, 1.807) is 35.2 Å². The fraction of sp³-hybridized carbons (Fsp3) is 0.580. The number of amides is 4. The highest BCUT2D eigenvalue weighted by Gasteiger charge is 2.40. The standard InChI is InChI=1S/C50H76N8O11S/c1-8-37(9-2)31-58(23-24-59)32-45(60)52-41(22-21-38-17-12-10-13-18-38)47(62)54-43(28-36(5)6)48(63)55-44(29-39-19-14-11-15-20-39)49(64)53-42(27-35(3)4)46(61)50(7,65)34-69-70(66,67)26-16-25-68-33-40-30-51-57-56-40/h8,10-15,17-20,30,35-36,41-44,59,65H,9,16,21-29,31-34H2,1-7H3,(H,52,60)(H,53,64)(H,54,62)(H,55,63)(H,51,56,57)/b37-8+/t41-,42-,43-,44-,50?/m0/s1. The average Bonchev–Trinajstić information content (AvgIpc) is 3.84. The second-order valence-electron chi connectivity index (χ2n) is 18.5. The first-order chi connectivity index (χ1) is 33.2. The van der Waals surface area contributed by atoms with Gasteiger partial charge in [0.25, 0.3) is 10.1 Å². The van der Waals surface area contributed by atoms with E-state index in [0.29, 0.717) is 24.2 Å². The summed E-state index contributed by atoms with van der Waals surface area (Å²) in [6, 6.07) is 13.5. The van der Waals surface area contributed by atoms with Crippen molar-refractivity contribution in [2.24, 2.45) is 11.8 Å². The van der Waals surface area contributed by atoms with Gasteiger partial charge in [0.1, 0.15) is 36.0 Å². The van der Waals surface area contributed by atoms with Gasteiger partial charge in [0.15, 0.2) is 5.78 Å². The molecule has 20 heteroatoms. The fourth-order valence-electron chi connectivity index (χ4n) is 7.52. The molecular formula is C50H76N8O11S. The second kappa shape index (κ2) is 30.4. The van der Waals surface area contributed by atoms with Crippen molar-refractivity contribution in [3.63, 3.8) is 0 Å². The molecule has 3 aromatic rings. The normalized spacial score (nSPS) is 14.7. The summed E-state index contributed by atoms with van der Waals surface area (Å²) in [4.78, 5) is 72.4. The lowest BCUT2D eigenvalue weighted by Crippen LogP contribution is -2.60. The maximum atomic E-state index is 14.4. The second-order valence-corrected chi connectivity index (χ2v) is 20.3. The fourth-order valence-corrected chi connectivity index (χ4v) is 8.52. The average molecular weight is 997 g/mol. The SMILES string of the molecule is C/C=C(\CC)CN(CCO)CC(=O)N[C@@H](CCc1ccccc1)C(=O)N[C@@H](CC(C)C)C(=O)N[C@@H](Cc1ccccc1)C(=O)N[C@@H](CC(C)C)C(=O)C(C)(O)COS(=O)(=O)CCCOCc1cn[nH]n1. The molecule has 70 heavy (non-hydrogen) atoms. The molecule has 4 amide bonds. The van der Waals surface area contributed by atoms with E-state index in [-0.39, 0.29) is 76.9 Å². The van der Waals surface area contributed by atoms with Crippen molar-refractivity contribution in [1.82, 2.24) is 41.6 Å². The Hall–Kier alpha value is -5.38. The van der Waals surface area contributed by atoms with Crippen LogP contribution in [0.4, 0.5) is 0 Å². The molecule has 1 aromatic heterocycles. The summed E-state index contributed by atoms with van der Waals surface area (Å²) in [6.07, 6.45) is 5.12. The Balaban J connectivity index is 1.82. The molecule has 0 aliphatic carbocycles. The molecule has 0 aliphatic heterocycles. The van der Waals surface area contributed by atoms with Gasteiger partial charge in [0.05, 0.1) is 37.8 Å². The number of nitrogens with zero attached hydrogens (tertiary/aromatic N) is 3. The molecule has 0 saturated carbocycles. The highest BCUT2D eigenvalue weighted by Crippen LogP contribution is 2.18. The molecule has 5 atom stereocenters. The van der Waals surface area contributed by atoms with Gasteiger partial charge < -0.3 is 36.2 Å². The lowest BCUT2D eigenvalue weighted by molar-refractivity contribution is -0.143. The molecular weight excluding hydrogens is 921 g/mol. The number of Topliss-reactive ketones (excluding diaryl/α,β-unsaturated/α-hetero) is 1. The molecule has 1 unspecified atom stereocenters. The summed E-state index contributed by atoms with van der Waals surface area (Å²) < 4.78 is 36.0. The number of ether oxygens (including phenoxy) is 1. The van der Waals surface area contributed by atoms with Crippen molar-refractivity contribution in [2.75, 3.05) is 45.2 Å². The van der Waals surface area contributed by atoms with Gasteiger partial charge in [-0.25, -0.2) is 0 Å². The van der Waals surface area contributed by atoms with Gasteiger partial charge in [-0.3, -0.25) is 33.1 Å². The van der Waals surface area contributed by atoms with Crippen LogP contribution >= 0.6 is 0 Å². The Labute approximate surface area is 413 Å². The van der Waals surface area contributed by atoms with Crippen LogP contribution in [0.3, 0.4) is 0 Å². The van der Waals surface area contributed by atoms with E-state index in [1.807, 2.05) is 78.0 Å². The van der Waals surface area contributed by atoms with Crippen LogP contribution in [0.2, 0.25) is 0 Å². The summed E-state index contributed by atoms with van der Waals surface area (Å²) in [5.41, 5.74) is 0.880. The number of hydrogen-bond donors (Lipinski definition) is 7. The number of hydrogen-bond acceptors (Lipinski definition) is 14. The van der Waals surface area contributed by atoms with Crippen molar-refractivity contribution in [3.8, 4) is 0 Å². The topological polar surface area (TPSA) is 271 Å². The molecule has 0 spiro atoms. The van der Waals surface area contributed by atoms with Crippen LogP contribution in [-0.2, 0) is 62.5 Å². The summed E-state index contributed by atoms with van der Waals surface area (Å²) in [6.45, 7) is 12.1. The van der Waals surface area contributed by atoms with Crippen molar-refractivity contribution < 1.29 is 51.5 Å². The molecule has 0 aliphatic rings. The van der Waals surface area contributed by atoms with Crippen LogP contribution in [0.5, 0.6) is 0 Å². The molecule has 388 valence electrons. The van der Waals surface area contributed by atoms with E-state index in [4.69, 9.17) is 8.92 Å². The molecule has 0 fully saturated rings. The van der Waals surface area contributed by atoms with Crippen molar-refractivity contribution in [1.29, 1.82) is 0 Å². The van der Waals surface area contributed by atoms with Gasteiger partial charge in [-0.05, 0) is 75.3 Å². The monoisotopic (exact) mass is 997 g/mol. The summed E-state index contributed by atoms with van der Waals surface area (Å²) in [7, 11) is -4.21. The smallest absolute Gasteiger partial charge is 0.267 e. The van der Waals surface area contributed by atoms with E-state index in [0.717, 1.165) is 24.5 Å². The molecule has 2 aromatic carbocycles. The Bertz CT molecular complexity index is 2190. The predicted octanol–water partition coefficient (Wildman–Crippen LogP) is 2.94. The number of ketones is 1. The first kappa shape index (κ1) is 58.9. The van der Waals surface area contributed by atoms with E-state index in [9.17, 15) is 42.6 Å². The quantitative estimate of drug-likeness (QED) is 0.0258. The number of H-pyrrole nitrogens is 1. The lowest BCUT2D eigenvalue weighted by atomic mass is 9.90. The van der Waals surface area contributed by atoms with Gasteiger partial charge in [-0.1, -0.05) is 107 Å². The lowest BCUT2D eigenvalue weighted by Gasteiger charge is -2.30. The number of aryl methyl sites for hydroxylation is 1. The van der Waals surface area contributed by atoms with Crippen LogP contribution in [0, 0.1) is 11.8 Å². The number of carbonyl (C=O) groups excluding carboxylic acids is 5. The Morgan fingerprint density at radius 1 is 0.829 bits per heavy atom. The zero-order chi connectivity index (χ0) is 51.7. The van der Waals surface area contributed by atoms with Crippen LogP contribution < -0.4 is 21.3 Å². The number of benzene rings is 2. The maximum absolute atomic E-state index is 14.4. The number of allylic oxidation sites excluding steroid dienone is 1. The van der Waals surface area contributed by atoms with Crippen molar-refractivity contribution in [2.45, 2.75) is 130 Å². The third-order valence-electron chi connectivity index (χ3n) is 11.3. The minimum atomic E-state index is -4.21. The molecule has 0 bridgehead atoms. The Morgan fingerprint density at radius 2 is 1.41 bits per heavy atom. The van der Waals surface area contributed by atoms with Crippen LogP contribution in [-0.4, -0.2) is 143 Å². The van der Waals surface area contributed by atoms with Gasteiger partial charge in [0.2, 0.25) is 23.6 Å². The van der Waals surface area contributed by atoms with Crippen LogP contribution in [0.25, 0.3) is 0 Å². The molecule has 0 radical (unpaired) electrons. The van der Waals surface area contributed by atoms with Gasteiger partial charge in [-0.15, -0.1) is 0 Å². The molecule has 19 nitrogen and oxygen atoms in total. The number of aliphatic hydroxyl groups is 2. The third kappa shape index (κ3) is 22.1. The maximum Gasteiger partial charge on any atom is 0.267 e. The van der Waals surface area contributed by atoms with Gasteiger partial charge >= 0.3 is 0 Å². The molecule has 0 saturated heterocycles. The Kier molecular flexibility index (Phi) is 25.6. The minimum absolute atomic E-state index is 0.0174. The molecule has 7 N–H and O–H groups in total. The summed E-state index contributed by atoms with van der Waals surface area (Å²) in [5, 5.41) is 42.4. The largest absolute Gasteiger partial charge is 0.395 e. The summed E-state index contributed by atoms with van der Waals surface area (Å²) >= 11 is 0. The molecule has 3 rings (SSSR count). The van der Waals surface area contributed by atoms with E-state index < -0.39 is 81.7 Å². The minimum Gasteiger partial charge on any atom is -0.395 e. The highest BCUT2D eigenvalue weighted by molar-refractivity contribution is 7.86. The number of aliphatic hydroxyl groups excluding tert-OH is 1. The number of carbonyl (C=O) groups is 5. The van der Waals surface area contributed by atoms with Crippen molar-refractivity contribution >= 4 is 39.5 Å². The zero-order valence-electron chi connectivity index (χ0n) is 41.8. The number of nitrogens with one attached hydrogen (secondary N) is 5. The van der Waals surface area contributed by atoms with Crippen LogP contribution in [0.15, 0.2) is 78.5 Å². The highest BCUT2D eigenvalue weighted by atomic mass is 32.2. The Morgan fingerprint density at radius 3 is 2.00 bits per heavy atom. The van der Waals surface area contributed by atoms with Crippen LogP contribution in [0.1, 0.15) is 97.4 Å². The van der Waals surface area contributed by atoms with E-state index >= 15 is 0 Å². The number of aromatic amines is 1.